The van der Waals surface area contributed by atoms with Gasteiger partial charge in [0, 0.05) is 30.8 Å². The summed E-state index contributed by atoms with van der Waals surface area (Å²) in [4.78, 5) is 14.6. The third-order valence-corrected chi connectivity index (χ3v) is 4.93. The molecule has 0 spiro atoms. The van der Waals surface area contributed by atoms with Crippen LogP contribution in [0, 0.1) is 5.92 Å². The fourth-order valence-electron chi connectivity index (χ4n) is 3.39. The fourth-order valence-corrected chi connectivity index (χ4v) is 3.39. The molecule has 1 saturated heterocycles. The Bertz CT molecular complexity index is 700. The molecule has 2 unspecified atom stereocenters. The molecule has 0 saturated carbocycles. The zero-order valence-electron chi connectivity index (χ0n) is 14.7. The van der Waals surface area contributed by atoms with Crippen molar-refractivity contribution >= 4 is 11.6 Å². The zero-order valence-corrected chi connectivity index (χ0v) is 14.7. The van der Waals surface area contributed by atoms with Gasteiger partial charge in [-0.25, -0.2) is 0 Å². The number of nitrogens with one attached hydrogen (secondary N) is 1. The fraction of sp³-hybridized carbons (Fsp3) is 0.381. The van der Waals surface area contributed by atoms with Crippen LogP contribution in [-0.2, 0) is 4.79 Å². The van der Waals surface area contributed by atoms with Crippen molar-refractivity contribution in [1.82, 2.24) is 4.90 Å². The number of nitrogens with zero attached hydrogens (tertiary/aromatic N) is 1. The summed E-state index contributed by atoms with van der Waals surface area (Å²) in [6.07, 6.45) is 1.21. The lowest BCUT2D eigenvalue weighted by atomic mass is 10.0. The number of para-hydroxylation sites is 1. The first-order valence-electron chi connectivity index (χ1n) is 8.98. The van der Waals surface area contributed by atoms with Crippen LogP contribution in [0.2, 0.25) is 0 Å². The van der Waals surface area contributed by atoms with Crippen molar-refractivity contribution in [2.45, 2.75) is 25.9 Å². The van der Waals surface area contributed by atoms with E-state index in [0.29, 0.717) is 12.3 Å². The first kappa shape index (κ1) is 17.6. The molecule has 132 valence electrons. The predicted molar refractivity (Wildman–Crippen MR) is 101 cm³/mol. The van der Waals surface area contributed by atoms with E-state index >= 15 is 0 Å². The minimum Gasteiger partial charge on any atom is -0.393 e. The normalized spacial score (nSPS) is 18.9. The van der Waals surface area contributed by atoms with Gasteiger partial charge in [-0.05, 0) is 37.4 Å². The van der Waals surface area contributed by atoms with Gasteiger partial charge in [0.1, 0.15) is 0 Å². The average Bonchev–Trinajstić information content (AvgIpc) is 3.11. The van der Waals surface area contributed by atoms with Gasteiger partial charge in [0.05, 0.1) is 6.10 Å². The number of aliphatic hydroxyl groups excluding tert-OH is 1. The Hall–Kier alpha value is -2.17. The van der Waals surface area contributed by atoms with Crippen molar-refractivity contribution in [3.63, 3.8) is 0 Å². The van der Waals surface area contributed by atoms with Crippen LogP contribution in [0.3, 0.4) is 0 Å². The highest BCUT2D eigenvalue weighted by molar-refractivity contribution is 5.95. The third kappa shape index (κ3) is 4.68. The summed E-state index contributed by atoms with van der Waals surface area (Å²) >= 11 is 0. The molecule has 0 radical (unpaired) electrons. The molecule has 2 aromatic carbocycles. The molecular weight excluding hydrogens is 312 g/mol. The first-order chi connectivity index (χ1) is 12.1. The number of hydrogen-bond donors (Lipinski definition) is 2. The second-order valence-electron chi connectivity index (χ2n) is 6.80. The summed E-state index contributed by atoms with van der Waals surface area (Å²) in [5, 5.41) is 12.7. The number of hydrogen-bond acceptors (Lipinski definition) is 3. The highest BCUT2D eigenvalue weighted by Gasteiger charge is 2.25. The van der Waals surface area contributed by atoms with Gasteiger partial charge in [0.25, 0.3) is 0 Å². The first-order valence-corrected chi connectivity index (χ1v) is 8.98. The van der Waals surface area contributed by atoms with Crippen molar-refractivity contribution in [3.05, 3.63) is 54.6 Å². The molecular formula is C21H26N2O2. The molecule has 25 heavy (non-hydrogen) atoms. The van der Waals surface area contributed by atoms with Crippen LogP contribution in [-0.4, -0.2) is 41.7 Å². The molecule has 2 aromatic rings. The Morgan fingerprint density at radius 3 is 2.64 bits per heavy atom. The van der Waals surface area contributed by atoms with Gasteiger partial charge in [0.2, 0.25) is 5.91 Å². The lowest BCUT2D eigenvalue weighted by molar-refractivity contribution is -0.116. The van der Waals surface area contributed by atoms with Crippen LogP contribution >= 0.6 is 0 Å². The Morgan fingerprint density at radius 1 is 1.20 bits per heavy atom. The number of carbonyl (C=O) groups is 1. The molecule has 0 aromatic heterocycles. The number of benzene rings is 2. The number of amides is 1. The van der Waals surface area contributed by atoms with Crippen molar-refractivity contribution in [3.8, 4) is 11.1 Å². The van der Waals surface area contributed by atoms with Crippen LogP contribution in [0.25, 0.3) is 11.1 Å². The topological polar surface area (TPSA) is 52.6 Å². The number of rotatable bonds is 6. The summed E-state index contributed by atoms with van der Waals surface area (Å²) in [5.41, 5.74) is 2.98. The zero-order chi connectivity index (χ0) is 17.6. The molecule has 2 atom stereocenters. The molecule has 3 rings (SSSR count). The molecule has 1 heterocycles. The number of anilines is 1. The number of carbonyl (C=O) groups excluding carboxylic acids is 1. The summed E-state index contributed by atoms with van der Waals surface area (Å²) in [6.45, 7) is 4.43. The largest absolute Gasteiger partial charge is 0.393 e. The van der Waals surface area contributed by atoms with Crippen LogP contribution in [0.15, 0.2) is 54.6 Å². The highest BCUT2D eigenvalue weighted by atomic mass is 16.3. The maximum atomic E-state index is 12.4. The Balaban J connectivity index is 1.57. The van der Waals surface area contributed by atoms with Gasteiger partial charge < -0.3 is 15.3 Å². The van der Waals surface area contributed by atoms with Gasteiger partial charge in [-0.15, -0.1) is 0 Å². The molecule has 0 bridgehead atoms. The Labute approximate surface area is 149 Å². The lowest BCUT2D eigenvalue weighted by Crippen LogP contribution is -2.27. The molecule has 1 amide bonds. The standard InChI is InChI=1S/C21H26N2O2/c1-16(24)18-11-13-23(15-18)14-12-21(25)22-20-10-6-5-9-19(20)17-7-3-2-4-8-17/h2-10,16,18,24H,11-15H2,1H3,(H,22,25). The third-order valence-electron chi connectivity index (χ3n) is 4.93. The van der Waals surface area contributed by atoms with Gasteiger partial charge in [-0.1, -0.05) is 48.5 Å². The quantitative estimate of drug-likeness (QED) is 0.849. The molecule has 4 heteroatoms. The molecule has 1 fully saturated rings. The second-order valence-corrected chi connectivity index (χ2v) is 6.80. The van der Waals surface area contributed by atoms with Crippen LogP contribution in [0.1, 0.15) is 19.8 Å². The SMILES string of the molecule is CC(O)C1CCN(CCC(=O)Nc2ccccc2-c2ccccc2)C1. The van der Waals surface area contributed by atoms with Gasteiger partial charge in [0.15, 0.2) is 0 Å². The Morgan fingerprint density at radius 2 is 1.92 bits per heavy atom. The highest BCUT2D eigenvalue weighted by Crippen LogP contribution is 2.27. The van der Waals surface area contributed by atoms with Gasteiger partial charge in [-0.2, -0.15) is 0 Å². The molecule has 4 nitrogen and oxygen atoms in total. The maximum Gasteiger partial charge on any atom is 0.225 e. The monoisotopic (exact) mass is 338 g/mol. The molecule has 0 aliphatic carbocycles. The average molecular weight is 338 g/mol. The summed E-state index contributed by atoms with van der Waals surface area (Å²) < 4.78 is 0. The lowest BCUT2D eigenvalue weighted by Gasteiger charge is -2.17. The molecule has 2 N–H and O–H groups in total. The summed E-state index contributed by atoms with van der Waals surface area (Å²) in [6, 6.07) is 18.0. The minimum atomic E-state index is -0.267. The second kappa shape index (κ2) is 8.28. The molecule has 1 aliphatic rings. The van der Waals surface area contributed by atoms with Crippen LogP contribution in [0.4, 0.5) is 5.69 Å². The number of likely N-dealkylation sites (tertiary alicyclic amines) is 1. The van der Waals surface area contributed by atoms with E-state index < -0.39 is 0 Å². The predicted octanol–water partition coefficient (Wildman–Crippen LogP) is 3.38. The van der Waals surface area contributed by atoms with Crippen molar-refractivity contribution in [1.29, 1.82) is 0 Å². The summed E-state index contributed by atoms with van der Waals surface area (Å²) in [7, 11) is 0. The van der Waals surface area contributed by atoms with E-state index in [-0.39, 0.29) is 12.0 Å². The van der Waals surface area contributed by atoms with Crippen molar-refractivity contribution in [2.24, 2.45) is 5.92 Å². The van der Waals surface area contributed by atoms with E-state index in [0.717, 1.165) is 42.9 Å². The van der Waals surface area contributed by atoms with Crippen LogP contribution < -0.4 is 5.32 Å². The number of aliphatic hydroxyl groups is 1. The Kier molecular flexibility index (Phi) is 5.84. The van der Waals surface area contributed by atoms with E-state index in [1.54, 1.807) is 0 Å². The van der Waals surface area contributed by atoms with Gasteiger partial charge in [-0.3, -0.25) is 4.79 Å². The van der Waals surface area contributed by atoms with E-state index in [9.17, 15) is 9.90 Å². The van der Waals surface area contributed by atoms with E-state index in [4.69, 9.17) is 0 Å². The molecule has 1 aliphatic heterocycles. The van der Waals surface area contributed by atoms with Crippen molar-refractivity contribution < 1.29 is 9.90 Å². The van der Waals surface area contributed by atoms with Crippen molar-refractivity contribution in [2.75, 3.05) is 25.0 Å². The minimum absolute atomic E-state index is 0.0314. The van der Waals surface area contributed by atoms with E-state index in [1.165, 1.54) is 0 Å². The van der Waals surface area contributed by atoms with Crippen LogP contribution in [0.5, 0.6) is 0 Å². The maximum absolute atomic E-state index is 12.4. The van der Waals surface area contributed by atoms with E-state index in [1.807, 2.05) is 61.5 Å². The van der Waals surface area contributed by atoms with Gasteiger partial charge >= 0.3 is 0 Å². The smallest absolute Gasteiger partial charge is 0.225 e. The van der Waals surface area contributed by atoms with E-state index in [2.05, 4.69) is 10.2 Å². The summed E-state index contributed by atoms with van der Waals surface area (Å²) in [5.74, 6) is 0.366.